The number of nitrogens with one attached hydrogen (secondary N) is 1. The summed E-state index contributed by atoms with van der Waals surface area (Å²) in [5.74, 6) is 1.17. The lowest BCUT2D eigenvalue weighted by Crippen LogP contribution is -2.45. The van der Waals surface area contributed by atoms with Gasteiger partial charge >= 0.3 is 0 Å². The first kappa shape index (κ1) is 15.8. The molecule has 0 bridgehead atoms. The van der Waals surface area contributed by atoms with Gasteiger partial charge in [0.25, 0.3) is 0 Å². The van der Waals surface area contributed by atoms with E-state index in [1.165, 1.54) is 5.56 Å². The molecule has 1 amide bonds. The van der Waals surface area contributed by atoms with Crippen LogP contribution in [0.2, 0.25) is 0 Å². The topological polar surface area (TPSA) is 41.6 Å². The smallest absolute Gasteiger partial charge is 0.224 e. The van der Waals surface area contributed by atoms with E-state index < -0.39 is 0 Å². The second-order valence-corrected chi connectivity index (χ2v) is 5.56. The molecular weight excluding hydrogens is 264 g/mol. The van der Waals surface area contributed by atoms with E-state index in [9.17, 15) is 4.79 Å². The summed E-state index contributed by atoms with van der Waals surface area (Å²) in [5, 5.41) is 3.18. The predicted octanol–water partition coefficient (Wildman–Crippen LogP) is 2.23. The van der Waals surface area contributed by atoms with Crippen molar-refractivity contribution in [2.45, 2.75) is 38.6 Å². The highest BCUT2D eigenvalue weighted by atomic mass is 16.5. The molecule has 1 fully saturated rings. The van der Waals surface area contributed by atoms with E-state index in [-0.39, 0.29) is 5.91 Å². The highest BCUT2D eigenvalue weighted by Crippen LogP contribution is 2.14. The van der Waals surface area contributed by atoms with Crippen LogP contribution in [0.3, 0.4) is 0 Å². The summed E-state index contributed by atoms with van der Waals surface area (Å²) in [5.41, 5.74) is 1.32. The first-order valence-corrected chi connectivity index (χ1v) is 7.89. The minimum Gasteiger partial charge on any atom is -0.494 e. The Morgan fingerprint density at radius 1 is 1.33 bits per heavy atom. The normalized spacial score (nSPS) is 18.9. The van der Waals surface area contributed by atoms with Crippen molar-refractivity contribution in [2.75, 3.05) is 26.7 Å². The molecule has 1 aromatic carbocycles. The van der Waals surface area contributed by atoms with Gasteiger partial charge in [-0.25, -0.2) is 0 Å². The summed E-state index contributed by atoms with van der Waals surface area (Å²) in [7, 11) is 1.92. The fourth-order valence-corrected chi connectivity index (χ4v) is 2.63. The Hall–Kier alpha value is -1.55. The predicted molar refractivity (Wildman–Crippen MR) is 84.6 cm³/mol. The summed E-state index contributed by atoms with van der Waals surface area (Å²) in [6.45, 7) is 4.45. The van der Waals surface area contributed by atoms with Gasteiger partial charge in [0.15, 0.2) is 0 Å². The number of carbonyl (C=O) groups is 1. The van der Waals surface area contributed by atoms with Gasteiger partial charge in [0.1, 0.15) is 5.75 Å². The second kappa shape index (κ2) is 8.03. The average molecular weight is 290 g/mol. The van der Waals surface area contributed by atoms with E-state index in [1.54, 1.807) is 0 Å². The Bertz CT molecular complexity index is 445. The van der Waals surface area contributed by atoms with Crippen molar-refractivity contribution in [3.05, 3.63) is 29.8 Å². The van der Waals surface area contributed by atoms with Gasteiger partial charge in [0.05, 0.1) is 6.61 Å². The maximum Gasteiger partial charge on any atom is 0.224 e. The van der Waals surface area contributed by atoms with Gasteiger partial charge in [-0.15, -0.1) is 0 Å². The number of hydrogen-bond acceptors (Lipinski definition) is 3. The fraction of sp³-hybridized carbons (Fsp3) is 0.588. The van der Waals surface area contributed by atoms with Crippen LogP contribution >= 0.6 is 0 Å². The highest BCUT2D eigenvalue weighted by molar-refractivity contribution is 5.77. The van der Waals surface area contributed by atoms with Gasteiger partial charge in [-0.1, -0.05) is 19.1 Å². The van der Waals surface area contributed by atoms with Crippen LogP contribution in [-0.4, -0.2) is 43.6 Å². The lowest BCUT2D eigenvalue weighted by molar-refractivity contribution is -0.134. The third-order valence-electron chi connectivity index (χ3n) is 4.10. The van der Waals surface area contributed by atoms with Crippen LogP contribution in [0.5, 0.6) is 5.75 Å². The number of nitrogens with zero attached hydrogens (tertiary/aromatic N) is 1. The molecule has 21 heavy (non-hydrogen) atoms. The van der Waals surface area contributed by atoms with Gasteiger partial charge in [0, 0.05) is 25.6 Å². The zero-order valence-corrected chi connectivity index (χ0v) is 13.1. The minimum absolute atomic E-state index is 0.257. The van der Waals surface area contributed by atoms with Gasteiger partial charge in [-0.2, -0.15) is 0 Å². The first-order chi connectivity index (χ1) is 10.2. The van der Waals surface area contributed by atoms with Crippen molar-refractivity contribution in [3.63, 3.8) is 0 Å². The Morgan fingerprint density at radius 3 is 2.71 bits per heavy atom. The Balaban J connectivity index is 1.66. The van der Waals surface area contributed by atoms with Crippen molar-refractivity contribution in [1.29, 1.82) is 0 Å². The Morgan fingerprint density at radius 2 is 2.10 bits per heavy atom. The van der Waals surface area contributed by atoms with Crippen LogP contribution in [0.1, 0.15) is 31.7 Å². The molecule has 0 saturated carbocycles. The van der Waals surface area contributed by atoms with Crippen LogP contribution in [0, 0.1) is 0 Å². The molecule has 4 heteroatoms. The highest BCUT2D eigenvalue weighted by Gasteiger charge is 2.23. The van der Waals surface area contributed by atoms with Crippen molar-refractivity contribution in [3.8, 4) is 5.75 Å². The summed E-state index contributed by atoms with van der Waals surface area (Å²) in [6.07, 6.45) is 3.59. The second-order valence-electron chi connectivity index (χ2n) is 5.56. The molecule has 1 heterocycles. The van der Waals surface area contributed by atoms with E-state index >= 15 is 0 Å². The molecule has 1 aliphatic heterocycles. The maximum atomic E-state index is 11.9. The van der Waals surface area contributed by atoms with Crippen LogP contribution in [0.4, 0.5) is 0 Å². The third kappa shape index (κ3) is 4.74. The Labute approximate surface area is 127 Å². The number of carbonyl (C=O) groups excluding carboxylic acids is 1. The molecule has 1 saturated heterocycles. The van der Waals surface area contributed by atoms with Crippen LogP contribution < -0.4 is 10.1 Å². The lowest BCUT2D eigenvalue weighted by Gasteiger charge is -2.31. The van der Waals surface area contributed by atoms with Gasteiger partial charge in [-0.3, -0.25) is 4.79 Å². The fourth-order valence-electron chi connectivity index (χ4n) is 2.63. The average Bonchev–Trinajstić information content (AvgIpc) is 2.53. The number of benzene rings is 1. The van der Waals surface area contributed by atoms with Crippen LogP contribution in [0.25, 0.3) is 0 Å². The van der Waals surface area contributed by atoms with Crippen molar-refractivity contribution in [1.82, 2.24) is 10.2 Å². The van der Waals surface area contributed by atoms with E-state index in [2.05, 4.69) is 24.4 Å². The minimum atomic E-state index is 0.257. The monoisotopic (exact) mass is 290 g/mol. The van der Waals surface area contributed by atoms with Crippen LogP contribution in [0.15, 0.2) is 24.3 Å². The van der Waals surface area contributed by atoms with Crippen molar-refractivity contribution >= 4 is 5.91 Å². The van der Waals surface area contributed by atoms with E-state index in [0.29, 0.717) is 19.1 Å². The zero-order chi connectivity index (χ0) is 15.1. The lowest BCUT2D eigenvalue weighted by atomic mass is 10.0. The molecule has 1 N–H and O–H groups in total. The number of ether oxygens (including phenoxy) is 1. The number of likely N-dealkylation sites (tertiary alicyclic amines) is 1. The molecule has 116 valence electrons. The van der Waals surface area contributed by atoms with Gasteiger partial charge in [0.2, 0.25) is 5.91 Å². The molecule has 4 nitrogen and oxygen atoms in total. The third-order valence-corrected chi connectivity index (χ3v) is 4.10. The molecule has 2 rings (SSSR count). The van der Waals surface area contributed by atoms with Gasteiger partial charge in [-0.05, 0) is 44.0 Å². The zero-order valence-electron chi connectivity index (χ0n) is 13.1. The molecule has 0 radical (unpaired) electrons. The largest absolute Gasteiger partial charge is 0.494 e. The summed E-state index contributed by atoms with van der Waals surface area (Å²) >= 11 is 0. The quantitative estimate of drug-likeness (QED) is 0.783. The van der Waals surface area contributed by atoms with E-state index in [4.69, 9.17) is 4.74 Å². The molecule has 0 aromatic heterocycles. The van der Waals surface area contributed by atoms with Crippen LogP contribution in [-0.2, 0) is 11.2 Å². The number of amides is 1. The molecular formula is C17H26N2O2. The van der Waals surface area contributed by atoms with Crippen molar-refractivity contribution < 1.29 is 9.53 Å². The molecule has 0 spiro atoms. The van der Waals surface area contributed by atoms with E-state index in [0.717, 1.165) is 38.1 Å². The standard InChI is InChI=1S/C17H26N2O2/c1-3-14-5-7-16(8-6-14)21-12-4-10-19-11-9-15(18-2)13-17(19)20/h5-8,15,18H,3-4,9-13H2,1-2H3. The van der Waals surface area contributed by atoms with Crippen molar-refractivity contribution in [2.24, 2.45) is 0 Å². The first-order valence-electron chi connectivity index (χ1n) is 7.89. The number of piperidine rings is 1. The van der Waals surface area contributed by atoms with E-state index in [1.807, 2.05) is 24.1 Å². The maximum absolute atomic E-state index is 11.9. The summed E-state index contributed by atoms with van der Waals surface area (Å²) in [6, 6.07) is 8.58. The van der Waals surface area contributed by atoms with Gasteiger partial charge < -0.3 is 15.0 Å². The summed E-state index contributed by atoms with van der Waals surface area (Å²) < 4.78 is 5.72. The molecule has 1 aromatic rings. The Kier molecular flexibility index (Phi) is 6.05. The molecule has 0 aliphatic carbocycles. The number of aryl methyl sites for hydroxylation is 1. The SMILES string of the molecule is CCc1ccc(OCCCN2CCC(NC)CC2=O)cc1. The molecule has 1 aliphatic rings. The summed E-state index contributed by atoms with van der Waals surface area (Å²) in [4.78, 5) is 13.9. The molecule has 1 unspecified atom stereocenters. The number of rotatable bonds is 7. The molecule has 1 atom stereocenters. The number of hydrogen-bond donors (Lipinski definition) is 1.